The van der Waals surface area contributed by atoms with Gasteiger partial charge in [0.2, 0.25) is 0 Å². The molecule has 1 atom stereocenters. The lowest BCUT2D eigenvalue weighted by Crippen LogP contribution is -2.17. The number of aromatic hydroxyl groups is 1. The molecule has 0 aliphatic carbocycles. The van der Waals surface area contributed by atoms with Gasteiger partial charge in [-0.15, -0.1) is 0 Å². The lowest BCUT2D eigenvalue weighted by molar-refractivity contribution is 0.0510. The number of imidazole rings is 1. The number of aromatic nitrogens is 2. The zero-order chi connectivity index (χ0) is 14.7. The molecule has 5 nitrogen and oxygen atoms in total. The highest BCUT2D eigenvalue weighted by Crippen LogP contribution is 2.23. The average Bonchev–Trinajstić information content (AvgIpc) is 2.81. The molecule has 0 amide bonds. The molecule has 0 saturated carbocycles. The first-order valence-corrected chi connectivity index (χ1v) is 6.23. The van der Waals surface area contributed by atoms with E-state index in [4.69, 9.17) is 4.74 Å². The summed E-state index contributed by atoms with van der Waals surface area (Å²) in [6.07, 6.45) is 0.401. The third-order valence-corrected chi connectivity index (χ3v) is 3.00. The Hall–Kier alpha value is -2.37. The zero-order valence-corrected chi connectivity index (χ0v) is 11.2. The largest absolute Gasteiger partial charge is 0.508 e. The Bertz CT molecular complexity index is 607. The van der Waals surface area contributed by atoms with Gasteiger partial charge < -0.3 is 9.84 Å². The van der Waals surface area contributed by atoms with Crippen LogP contribution in [0.3, 0.4) is 0 Å². The van der Waals surface area contributed by atoms with Crippen LogP contribution in [0.4, 0.5) is 4.39 Å². The number of nitrogens with zero attached hydrogens (tertiary/aromatic N) is 2. The molecule has 0 spiro atoms. The van der Waals surface area contributed by atoms with Crippen molar-refractivity contribution in [3.05, 3.63) is 47.8 Å². The van der Waals surface area contributed by atoms with Gasteiger partial charge >= 0.3 is 5.97 Å². The average molecular weight is 278 g/mol. The molecule has 1 N–H and O–H groups in total. The number of halogens is 1. The second kappa shape index (κ2) is 5.73. The van der Waals surface area contributed by atoms with Crippen LogP contribution in [0, 0.1) is 6.08 Å². The van der Waals surface area contributed by atoms with Crippen molar-refractivity contribution in [1.29, 1.82) is 0 Å². The maximum atomic E-state index is 13.8. The maximum Gasteiger partial charge on any atom is 0.356 e. The van der Waals surface area contributed by atoms with Gasteiger partial charge in [-0.25, -0.2) is 9.78 Å². The molecule has 1 heterocycles. The standard InChI is InChI=1S/C14H15FN2O3/c1-3-20-13(19)12-8-16-14(15)17(12)9(2)10-4-6-11(18)7-5-10/h4-9,18H,3H2,1-2H3. The Labute approximate surface area is 115 Å². The van der Waals surface area contributed by atoms with Crippen LogP contribution in [0.25, 0.3) is 0 Å². The summed E-state index contributed by atoms with van der Waals surface area (Å²) < 4.78 is 19.9. The number of phenols is 1. The molecule has 2 aromatic rings. The second-order valence-electron chi connectivity index (χ2n) is 4.27. The normalized spacial score (nSPS) is 12.2. The summed E-state index contributed by atoms with van der Waals surface area (Å²) >= 11 is 0. The van der Waals surface area contributed by atoms with Crippen molar-refractivity contribution < 1.29 is 19.0 Å². The summed E-state index contributed by atoms with van der Waals surface area (Å²) in [5, 5.41) is 9.27. The monoisotopic (exact) mass is 278 g/mol. The van der Waals surface area contributed by atoms with Crippen molar-refractivity contribution in [2.24, 2.45) is 0 Å². The van der Waals surface area contributed by atoms with Gasteiger partial charge in [-0.1, -0.05) is 12.1 Å². The fraction of sp³-hybridized carbons (Fsp3) is 0.286. The number of hydrogen-bond donors (Lipinski definition) is 1. The van der Waals surface area contributed by atoms with Crippen LogP contribution in [0.15, 0.2) is 30.5 Å². The van der Waals surface area contributed by atoms with Gasteiger partial charge in [-0.3, -0.25) is 4.57 Å². The minimum atomic E-state index is -0.756. The van der Waals surface area contributed by atoms with E-state index in [1.165, 1.54) is 16.7 Å². The van der Waals surface area contributed by atoms with Crippen LogP contribution < -0.4 is 0 Å². The molecule has 0 aliphatic heterocycles. The quantitative estimate of drug-likeness (QED) is 0.873. The first-order valence-electron chi connectivity index (χ1n) is 6.23. The molecule has 0 fully saturated rings. The minimum Gasteiger partial charge on any atom is -0.508 e. The highest BCUT2D eigenvalue weighted by Gasteiger charge is 2.22. The predicted molar refractivity (Wildman–Crippen MR) is 70.1 cm³/mol. The van der Waals surface area contributed by atoms with Gasteiger partial charge in [-0.05, 0) is 31.5 Å². The Morgan fingerprint density at radius 3 is 2.70 bits per heavy atom. The molecule has 1 aromatic carbocycles. The first kappa shape index (κ1) is 14.0. The highest BCUT2D eigenvalue weighted by molar-refractivity contribution is 5.87. The number of carbonyl (C=O) groups excluding carboxylic acids is 1. The van der Waals surface area contributed by atoms with E-state index in [0.717, 1.165) is 11.8 Å². The number of hydrogen-bond acceptors (Lipinski definition) is 4. The molecular formula is C14H15FN2O3. The van der Waals surface area contributed by atoms with Crippen molar-refractivity contribution in [3.63, 3.8) is 0 Å². The Morgan fingerprint density at radius 1 is 1.45 bits per heavy atom. The van der Waals surface area contributed by atoms with E-state index in [0.29, 0.717) is 0 Å². The number of benzene rings is 1. The second-order valence-corrected chi connectivity index (χ2v) is 4.27. The SMILES string of the molecule is CCOC(=O)c1cnc(F)n1C(C)c1ccc(O)cc1. The van der Waals surface area contributed by atoms with E-state index < -0.39 is 18.1 Å². The van der Waals surface area contributed by atoms with Crippen molar-refractivity contribution >= 4 is 5.97 Å². The number of phenolic OH excluding ortho intramolecular Hbond substituents is 1. The fourth-order valence-electron chi connectivity index (χ4n) is 1.96. The van der Waals surface area contributed by atoms with Crippen molar-refractivity contribution in [3.8, 4) is 5.75 Å². The summed E-state index contributed by atoms with van der Waals surface area (Å²) in [5.41, 5.74) is 0.801. The van der Waals surface area contributed by atoms with Crippen molar-refractivity contribution in [2.45, 2.75) is 19.9 Å². The van der Waals surface area contributed by atoms with Crippen LogP contribution in [-0.2, 0) is 4.74 Å². The topological polar surface area (TPSA) is 64.3 Å². The van der Waals surface area contributed by atoms with Crippen LogP contribution in [0.1, 0.15) is 35.9 Å². The lowest BCUT2D eigenvalue weighted by Gasteiger charge is -2.16. The van der Waals surface area contributed by atoms with Crippen LogP contribution in [-0.4, -0.2) is 27.2 Å². The zero-order valence-electron chi connectivity index (χ0n) is 11.2. The van der Waals surface area contributed by atoms with Gasteiger partial charge in [0.1, 0.15) is 11.4 Å². The number of esters is 1. The Morgan fingerprint density at radius 2 is 2.10 bits per heavy atom. The molecule has 20 heavy (non-hydrogen) atoms. The molecular weight excluding hydrogens is 263 g/mol. The highest BCUT2D eigenvalue weighted by atomic mass is 19.1. The maximum absolute atomic E-state index is 13.8. The van der Waals surface area contributed by atoms with E-state index >= 15 is 0 Å². The molecule has 0 radical (unpaired) electrons. The van der Waals surface area contributed by atoms with Gasteiger partial charge in [0, 0.05) is 0 Å². The van der Waals surface area contributed by atoms with E-state index in [1.807, 2.05) is 0 Å². The number of ether oxygens (including phenoxy) is 1. The van der Waals surface area contributed by atoms with Crippen molar-refractivity contribution in [2.75, 3.05) is 6.61 Å². The van der Waals surface area contributed by atoms with Gasteiger partial charge in [0.25, 0.3) is 6.08 Å². The summed E-state index contributed by atoms with van der Waals surface area (Å²) in [6.45, 7) is 3.62. The minimum absolute atomic E-state index is 0.0601. The fourth-order valence-corrected chi connectivity index (χ4v) is 1.96. The molecule has 6 heteroatoms. The first-order chi connectivity index (χ1) is 9.54. The Kier molecular flexibility index (Phi) is 4.02. The third kappa shape index (κ3) is 2.64. The van der Waals surface area contributed by atoms with Crippen LogP contribution in [0.2, 0.25) is 0 Å². The molecule has 0 saturated heterocycles. The Balaban J connectivity index is 2.38. The summed E-state index contributed by atoms with van der Waals surface area (Å²) in [4.78, 5) is 15.3. The molecule has 106 valence electrons. The van der Waals surface area contributed by atoms with Gasteiger partial charge in [0.05, 0.1) is 18.8 Å². The summed E-state index contributed by atoms with van der Waals surface area (Å²) in [7, 11) is 0. The molecule has 0 bridgehead atoms. The molecule has 2 rings (SSSR count). The number of rotatable bonds is 4. The van der Waals surface area contributed by atoms with Crippen LogP contribution in [0.5, 0.6) is 5.75 Å². The van der Waals surface area contributed by atoms with E-state index in [9.17, 15) is 14.3 Å². The van der Waals surface area contributed by atoms with Crippen LogP contribution >= 0.6 is 0 Å². The van der Waals surface area contributed by atoms with E-state index in [1.54, 1.807) is 26.0 Å². The van der Waals surface area contributed by atoms with Gasteiger partial charge in [0.15, 0.2) is 0 Å². The predicted octanol–water partition coefficient (Wildman–Crippen LogP) is 2.51. The smallest absolute Gasteiger partial charge is 0.356 e. The molecule has 1 unspecified atom stereocenters. The summed E-state index contributed by atoms with van der Waals surface area (Å²) in [6, 6.07) is 5.88. The molecule has 0 aliphatic rings. The molecule has 1 aromatic heterocycles. The number of carbonyl (C=O) groups is 1. The van der Waals surface area contributed by atoms with E-state index in [-0.39, 0.29) is 18.1 Å². The third-order valence-electron chi connectivity index (χ3n) is 3.00. The van der Waals surface area contributed by atoms with Crippen molar-refractivity contribution in [1.82, 2.24) is 9.55 Å². The summed E-state index contributed by atoms with van der Waals surface area (Å²) in [5.74, 6) is -0.493. The lowest BCUT2D eigenvalue weighted by atomic mass is 10.1. The van der Waals surface area contributed by atoms with Gasteiger partial charge in [-0.2, -0.15) is 4.39 Å². The van der Waals surface area contributed by atoms with E-state index in [2.05, 4.69) is 4.98 Å².